The summed E-state index contributed by atoms with van der Waals surface area (Å²) in [5.41, 5.74) is 1.63. The van der Waals surface area contributed by atoms with Crippen LogP contribution in [-0.4, -0.2) is 67.8 Å². The summed E-state index contributed by atoms with van der Waals surface area (Å²) in [6.45, 7) is 0.113. The van der Waals surface area contributed by atoms with Crippen LogP contribution in [-0.2, 0) is 0 Å². The van der Waals surface area contributed by atoms with Crippen molar-refractivity contribution < 1.29 is 28.5 Å². The smallest absolute Gasteiger partial charge is 0.396 e. The Morgan fingerprint density at radius 3 is 2.49 bits per heavy atom. The number of thiazole rings is 1. The first-order valence-corrected chi connectivity index (χ1v) is 12.4. The van der Waals surface area contributed by atoms with E-state index >= 15 is 0 Å². The van der Waals surface area contributed by atoms with Gasteiger partial charge in [-0.3, -0.25) is 0 Å². The molecule has 4 atom stereocenters. The molecule has 13 heteroatoms. The molecule has 0 radical (unpaired) electrons. The first-order valence-electron chi connectivity index (χ1n) is 11.2. The summed E-state index contributed by atoms with van der Waals surface area (Å²) in [6, 6.07) is 8.67. The number of nitrogens with zero attached hydrogens (tertiary/aromatic N) is 3. The predicted molar refractivity (Wildman–Crippen MR) is 134 cm³/mol. The Bertz CT molecular complexity index is 1310. The van der Waals surface area contributed by atoms with Gasteiger partial charge in [0.1, 0.15) is 28.9 Å². The van der Waals surface area contributed by atoms with Crippen LogP contribution in [0.25, 0.3) is 11.3 Å². The van der Waals surface area contributed by atoms with E-state index in [0.717, 1.165) is 10.6 Å². The van der Waals surface area contributed by atoms with E-state index in [9.17, 15) is 28.5 Å². The maximum Gasteiger partial charge on any atom is 0.405 e. The number of anilines is 2. The molecule has 0 amide bonds. The van der Waals surface area contributed by atoms with Gasteiger partial charge < -0.3 is 26.0 Å². The van der Waals surface area contributed by atoms with Crippen LogP contribution >= 0.6 is 22.9 Å². The van der Waals surface area contributed by atoms with Crippen molar-refractivity contribution in [3.05, 3.63) is 50.9 Å². The van der Waals surface area contributed by atoms with Crippen LogP contribution in [0, 0.1) is 24.7 Å². The van der Waals surface area contributed by atoms with E-state index in [1.165, 1.54) is 11.3 Å². The maximum atomic E-state index is 12.7. The largest absolute Gasteiger partial charge is 0.405 e. The van der Waals surface area contributed by atoms with Gasteiger partial charge in [0.25, 0.3) is 0 Å². The summed E-state index contributed by atoms with van der Waals surface area (Å²) in [5.74, 6) is 4.93. The number of nitrogens with one attached hydrogen (secondary N) is 2. The van der Waals surface area contributed by atoms with Gasteiger partial charge in [-0.05, 0) is 19.3 Å². The number of alkyl halides is 3. The van der Waals surface area contributed by atoms with Crippen molar-refractivity contribution in [2.45, 2.75) is 37.8 Å². The molecule has 8 nitrogen and oxygen atoms in total. The third kappa shape index (κ3) is 6.49. The summed E-state index contributed by atoms with van der Waals surface area (Å²) >= 11 is 7.70. The average Bonchev–Trinajstić information content (AvgIpc) is 3.36. The minimum absolute atomic E-state index is 0.0190. The van der Waals surface area contributed by atoms with Crippen LogP contribution in [0.1, 0.15) is 21.9 Å². The minimum Gasteiger partial charge on any atom is -0.396 e. The normalized spacial score (nSPS) is 21.4. The van der Waals surface area contributed by atoms with E-state index in [2.05, 4.69) is 37.4 Å². The standard InChI is InChI=1S/C24H23ClF3N5O3S/c1-12-30-18(13-5-3-2-4-6-13)17(37-12)8-7-15-21(25)32-23(29-11-24(26,27)28)33-22(15)31-16-9-14(10-34)19(35)20(16)36/h2-6,14,16,19-20,34-36H,9-11H2,1H3,(H2,29,31,32,33)/t14-,16-,19-,20+/m1/s1. The SMILES string of the molecule is Cc1nc(-c2ccccc2)c(C#Cc2c(Cl)nc(NCC(F)(F)F)nc2N[C@@H]2C[C@H](CO)[C@@H](O)[C@H]2O)s1. The number of halogens is 4. The molecular formula is C24H23ClF3N5O3S. The Labute approximate surface area is 219 Å². The molecule has 0 aliphatic heterocycles. The highest BCUT2D eigenvalue weighted by Gasteiger charge is 2.41. The second-order valence-electron chi connectivity index (χ2n) is 8.47. The molecule has 5 N–H and O–H groups in total. The summed E-state index contributed by atoms with van der Waals surface area (Å²) in [4.78, 5) is 13.2. The van der Waals surface area contributed by atoms with Crippen molar-refractivity contribution >= 4 is 34.7 Å². The lowest BCUT2D eigenvalue weighted by atomic mass is 10.1. The minimum atomic E-state index is -4.51. The Morgan fingerprint density at radius 2 is 1.84 bits per heavy atom. The van der Waals surface area contributed by atoms with Crippen LogP contribution in [0.4, 0.5) is 24.9 Å². The van der Waals surface area contributed by atoms with Crippen molar-refractivity contribution in [2.75, 3.05) is 23.8 Å². The van der Waals surface area contributed by atoms with E-state index in [-0.39, 0.29) is 35.5 Å². The fraction of sp³-hybridized carbons (Fsp3) is 0.375. The number of aryl methyl sites for hydroxylation is 1. The summed E-state index contributed by atoms with van der Waals surface area (Å²) in [6.07, 6.45) is -6.78. The van der Waals surface area contributed by atoms with Gasteiger partial charge in [0.05, 0.1) is 22.8 Å². The van der Waals surface area contributed by atoms with E-state index in [1.807, 2.05) is 37.3 Å². The van der Waals surface area contributed by atoms with Crippen molar-refractivity contribution in [3.8, 4) is 23.1 Å². The Morgan fingerprint density at radius 1 is 1.11 bits per heavy atom. The highest BCUT2D eigenvalue weighted by Crippen LogP contribution is 2.32. The topological polar surface area (TPSA) is 123 Å². The molecule has 0 bridgehead atoms. The molecule has 0 unspecified atom stereocenters. The van der Waals surface area contributed by atoms with Gasteiger partial charge in [-0.25, -0.2) is 4.98 Å². The van der Waals surface area contributed by atoms with Crippen LogP contribution in [0.3, 0.4) is 0 Å². The third-order valence-corrected chi connectivity index (χ3v) is 6.91. The number of aliphatic hydroxyl groups excluding tert-OH is 3. The van der Waals surface area contributed by atoms with Crippen molar-refractivity contribution in [3.63, 3.8) is 0 Å². The summed E-state index contributed by atoms with van der Waals surface area (Å²) in [7, 11) is 0. The molecule has 2 heterocycles. The van der Waals surface area contributed by atoms with E-state index in [1.54, 1.807) is 0 Å². The zero-order valence-corrected chi connectivity index (χ0v) is 21.0. The monoisotopic (exact) mass is 553 g/mol. The van der Waals surface area contributed by atoms with Crippen LogP contribution in [0.5, 0.6) is 0 Å². The molecule has 2 aromatic heterocycles. The molecule has 1 fully saturated rings. The van der Waals surface area contributed by atoms with E-state index in [0.29, 0.717) is 10.6 Å². The molecular weight excluding hydrogens is 531 g/mol. The molecule has 1 aliphatic carbocycles. The fourth-order valence-corrected chi connectivity index (χ4v) is 4.97. The number of hydrogen-bond donors (Lipinski definition) is 5. The zero-order valence-electron chi connectivity index (χ0n) is 19.4. The first kappa shape index (κ1) is 27.1. The van der Waals surface area contributed by atoms with Gasteiger partial charge in [-0.15, -0.1) is 11.3 Å². The zero-order chi connectivity index (χ0) is 26.7. The number of aromatic nitrogens is 3. The molecule has 1 aromatic carbocycles. The summed E-state index contributed by atoms with van der Waals surface area (Å²) < 4.78 is 38.2. The quantitative estimate of drug-likeness (QED) is 0.232. The van der Waals surface area contributed by atoms with Gasteiger partial charge in [-0.2, -0.15) is 23.1 Å². The van der Waals surface area contributed by atoms with Crippen molar-refractivity contribution in [2.24, 2.45) is 5.92 Å². The lowest BCUT2D eigenvalue weighted by Crippen LogP contribution is -2.36. The van der Waals surface area contributed by atoms with Crippen LogP contribution < -0.4 is 10.6 Å². The van der Waals surface area contributed by atoms with Gasteiger partial charge in [-0.1, -0.05) is 47.9 Å². The number of rotatable bonds is 6. The molecule has 1 saturated carbocycles. The number of benzene rings is 1. The average molecular weight is 554 g/mol. The summed E-state index contributed by atoms with van der Waals surface area (Å²) in [5, 5.41) is 35.7. The highest BCUT2D eigenvalue weighted by molar-refractivity contribution is 7.12. The van der Waals surface area contributed by atoms with Gasteiger partial charge >= 0.3 is 6.18 Å². The third-order valence-electron chi connectivity index (χ3n) is 5.75. The van der Waals surface area contributed by atoms with Crippen molar-refractivity contribution in [1.29, 1.82) is 0 Å². The molecule has 0 saturated heterocycles. The molecule has 1 aliphatic rings. The highest BCUT2D eigenvalue weighted by atomic mass is 35.5. The van der Waals surface area contributed by atoms with Gasteiger partial charge in [0, 0.05) is 18.1 Å². The number of aliphatic hydroxyl groups is 3. The van der Waals surface area contributed by atoms with Crippen molar-refractivity contribution in [1.82, 2.24) is 15.0 Å². The second kappa shape index (κ2) is 11.2. The van der Waals surface area contributed by atoms with Crippen LogP contribution in [0.2, 0.25) is 5.15 Å². The predicted octanol–water partition coefficient (Wildman–Crippen LogP) is 3.45. The lowest BCUT2D eigenvalue weighted by molar-refractivity contribution is -0.115. The number of hydrogen-bond acceptors (Lipinski definition) is 9. The Hall–Kier alpha value is -2.95. The van der Waals surface area contributed by atoms with Gasteiger partial charge in [0.2, 0.25) is 5.95 Å². The Balaban J connectivity index is 1.72. The Kier molecular flexibility index (Phi) is 8.20. The van der Waals surface area contributed by atoms with Crippen LogP contribution in [0.15, 0.2) is 30.3 Å². The maximum absolute atomic E-state index is 12.7. The molecule has 3 aromatic rings. The lowest BCUT2D eigenvalue weighted by Gasteiger charge is -2.20. The van der Waals surface area contributed by atoms with Gasteiger partial charge in [0.15, 0.2) is 5.15 Å². The second-order valence-corrected chi connectivity index (χ2v) is 10.0. The molecule has 0 spiro atoms. The molecule has 196 valence electrons. The molecule has 4 rings (SSSR count). The first-order chi connectivity index (χ1) is 17.6. The fourth-order valence-electron chi connectivity index (χ4n) is 3.95. The van der Waals surface area contributed by atoms with E-state index in [4.69, 9.17) is 11.6 Å². The molecule has 37 heavy (non-hydrogen) atoms. The van der Waals surface area contributed by atoms with E-state index < -0.39 is 36.9 Å².